The third-order valence-electron chi connectivity index (χ3n) is 2.69. The van der Waals surface area contributed by atoms with Gasteiger partial charge in [0.2, 0.25) is 0 Å². The second-order valence-corrected chi connectivity index (χ2v) is 5.71. The number of halogens is 1. The molecular formula is C13H12ClN5S. The van der Waals surface area contributed by atoms with Crippen molar-refractivity contribution in [2.24, 2.45) is 0 Å². The number of rotatable bonds is 3. The molecule has 3 rings (SSSR count). The molecule has 0 aliphatic rings. The van der Waals surface area contributed by atoms with Crippen LogP contribution in [0.25, 0.3) is 11.0 Å². The van der Waals surface area contributed by atoms with Crippen molar-refractivity contribution in [1.29, 1.82) is 0 Å². The average Bonchev–Trinajstić information content (AvgIpc) is 2.77. The highest BCUT2D eigenvalue weighted by molar-refractivity contribution is 7.98. The number of thioether (sulfide) groups is 1. The summed E-state index contributed by atoms with van der Waals surface area (Å²) in [5.74, 6) is 1.30. The minimum absolute atomic E-state index is 0.463. The van der Waals surface area contributed by atoms with Crippen molar-refractivity contribution in [2.45, 2.75) is 17.8 Å². The SMILES string of the molecule is Cc1cc(Cl)nc(CSc2nc3ccc(N)cc3[nH]2)n1. The molecule has 0 amide bonds. The molecule has 3 aromatic rings. The number of anilines is 1. The molecule has 102 valence electrons. The highest BCUT2D eigenvalue weighted by atomic mass is 35.5. The Morgan fingerprint density at radius 1 is 1.25 bits per heavy atom. The molecule has 0 radical (unpaired) electrons. The summed E-state index contributed by atoms with van der Waals surface area (Å²) in [4.78, 5) is 16.2. The fourth-order valence-electron chi connectivity index (χ4n) is 1.86. The molecule has 20 heavy (non-hydrogen) atoms. The number of H-pyrrole nitrogens is 1. The van der Waals surface area contributed by atoms with E-state index in [1.165, 1.54) is 11.8 Å². The third kappa shape index (κ3) is 2.86. The summed E-state index contributed by atoms with van der Waals surface area (Å²) in [6, 6.07) is 7.33. The van der Waals surface area contributed by atoms with Crippen LogP contribution in [-0.4, -0.2) is 19.9 Å². The number of aromatic amines is 1. The van der Waals surface area contributed by atoms with Crippen LogP contribution in [-0.2, 0) is 5.75 Å². The van der Waals surface area contributed by atoms with Gasteiger partial charge in [0.25, 0.3) is 0 Å². The van der Waals surface area contributed by atoms with Crippen LogP contribution in [0.3, 0.4) is 0 Å². The first-order chi connectivity index (χ1) is 9.60. The zero-order valence-electron chi connectivity index (χ0n) is 10.7. The predicted octanol–water partition coefficient (Wildman–Crippen LogP) is 3.19. The van der Waals surface area contributed by atoms with Crippen LogP contribution in [0.5, 0.6) is 0 Å². The summed E-state index contributed by atoms with van der Waals surface area (Å²) in [5.41, 5.74) is 9.14. The van der Waals surface area contributed by atoms with E-state index in [-0.39, 0.29) is 0 Å². The summed E-state index contributed by atoms with van der Waals surface area (Å²) in [5, 5.41) is 1.28. The number of hydrogen-bond acceptors (Lipinski definition) is 5. The van der Waals surface area contributed by atoms with E-state index in [4.69, 9.17) is 17.3 Å². The number of nitrogen functional groups attached to an aromatic ring is 1. The molecule has 0 spiro atoms. The molecule has 3 N–H and O–H groups in total. The van der Waals surface area contributed by atoms with E-state index in [1.807, 2.05) is 25.1 Å². The molecule has 5 nitrogen and oxygen atoms in total. The molecule has 0 saturated heterocycles. The normalized spacial score (nSPS) is 11.1. The summed E-state index contributed by atoms with van der Waals surface area (Å²) in [6.07, 6.45) is 0. The maximum atomic E-state index is 5.92. The first kappa shape index (κ1) is 13.2. The van der Waals surface area contributed by atoms with Gasteiger partial charge in [0.05, 0.1) is 16.8 Å². The molecule has 0 aliphatic heterocycles. The molecular weight excluding hydrogens is 294 g/mol. The molecule has 0 atom stereocenters. The maximum absolute atomic E-state index is 5.92. The average molecular weight is 306 g/mol. The number of fused-ring (bicyclic) bond motifs is 1. The Hall–Kier alpha value is -1.79. The second-order valence-electron chi connectivity index (χ2n) is 4.36. The predicted molar refractivity (Wildman–Crippen MR) is 81.8 cm³/mol. The van der Waals surface area contributed by atoms with E-state index in [1.54, 1.807) is 6.07 Å². The molecule has 0 aliphatic carbocycles. The molecule has 0 fully saturated rings. The van der Waals surface area contributed by atoms with Crippen LogP contribution in [0.4, 0.5) is 5.69 Å². The third-order valence-corrected chi connectivity index (χ3v) is 3.75. The van der Waals surface area contributed by atoms with Gasteiger partial charge in [0.1, 0.15) is 11.0 Å². The fraction of sp³-hybridized carbons (Fsp3) is 0.154. The molecule has 1 aromatic carbocycles. The number of imidazole rings is 1. The highest BCUT2D eigenvalue weighted by Gasteiger charge is 2.06. The smallest absolute Gasteiger partial charge is 0.166 e. The van der Waals surface area contributed by atoms with E-state index in [0.29, 0.717) is 22.4 Å². The maximum Gasteiger partial charge on any atom is 0.166 e. The van der Waals surface area contributed by atoms with Gasteiger partial charge in [-0.1, -0.05) is 23.4 Å². The van der Waals surface area contributed by atoms with Gasteiger partial charge in [-0.05, 0) is 31.2 Å². The zero-order valence-corrected chi connectivity index (χ0v) is 12.3. The molecule has 0 bridgehead atoms. The Morgan fingerprint density at radius 3 is 2.90 bits per heavy atom. The summed E-state index contributed by atoms with van der Waals surface area (Å²) >= 11 is 7.45. The quantitative estimate of drug-likeness (QED) is 0.441. The Balaban J connectivity index is 1.79. The van der Waals surface area contributed by atoms with Gasteiger partial charge < -0.3 is 10.7 Å². The van der Waals surface area contributed by atoms with Gasteiger partial charge in [-0.15, -0.1) is 0 Å². The molecule has 2 heterocycles. The van der Waals surface area contributed by atoms with Crippen molar-refractivity contribution in [3.8, 4) is 0 Å². The van der Waals surface area contributed by atoms with Crippen LogP contribution < -0.4 is 5.73 Å². The van der Waals surface area contributed by atoms with E-state index < -0.39 is 0 Å². The number of nitrogens with two attached hydrogens (primary N) is 1. The number of nitrogens with one attached hydrogen (secondary N) is 1. The van der Waals surface area contributed by atoms with Crippen molar-refractivity contribution in [1.82, 2.24) is 19.9 Å². The first-order valence-electron chi connectivity index (χ1n) is 5.98. The Kier molecular flexibility index (Phi) is 3.50. The topological polar surface area (TPSA) is 80.5 Å². The summed E-state index contributed by atoms with van der Waals surface area (Å²) < 4.78 is 0. The van der Waals surface area contributed by atoms with Crippen LogP contribution in [0.2, 0.25) is 5.15 Å². The Bertz CT molecular complexity index is 750. The second kappa shape index (κ2) is 5.30. The van der Waals surface area contributed by atoms with Crippen molar-refractivity contribution in [2.75, 3.05) is 5.73 Å². The van der Waals surface area contributed by atoms with E-state index in [0.717, 1.165) is 21.9 Å². The van der Waals surface area contributed by atoms with Crippen molar-refractivity contribution < 1.29 is 0 Å². The van der Waals surface area contributed by atoms with E-state index in [2.05, 4.69) is 19.9 Å². The summed E-state index contributed by atoms with van der Waals surface area (Å²) in [6.45, 7) is 1.89. The Morgan fingerprint density at radius 2 is 2.10 bits per heavy atom. The molecule has 7 heteroatoms. The lowest BCUT2D eigenvalue weighted by Crippen LogP contribution is -1.95. The number of aromatic nitrogens is 4. The van der Waals surface area contributed by atoms with Crippen molar-refractivity contribution in [3.05, 3.63) is 40.9 Å². The van der Waals surface area contributed by atoms with E-state index >= 15 is 0 Å². The lowest BCUT2D eigenvalue weighted by Gasteiger charge is -2.00. The number of benzene rings is 1. The number of hydrogen-bond donors (Lipinski definition) is 2. The minimum atomic E-state index is 0.463. The zero-order chi connectivity index (χ0) is 14.1. The minimum Gasteiger partial charge on any atom is -0.399 e. The molecule has 0 saturated carbocycles. The monoisotopic (exact) mass is 305 g/mol. The van der Waals surface area contributed by atoms with Gasteiger partial charge in [0, 0.05) is 11.4 Å². The van der Waals surface area contributed by atoms with Gasteiger partial charge in [-0.3, -0.25) is 0 Å². The van der Waals surface area contributed by atoms with Crippen molar-refractivity contribution >= 4 is 40.1 Å². The Labute approximate surface area is 125 Å². The highest BCUT2D eigenvalue weighted by Crippen LogP contribution is 2.23. The van der Waals surface area contributed by atoms with Gasteiger partial charge in [-0.2, -0.15) is 0 Å². The van der Waals surface area contributed by atoms with Crippen LogP contribution in [0, 0.1) is 6.92 Å². The lowest BCUT2D eigenvalue weighted by atomic mass is 10.3. The number of nitrogens with zero attached hydrogens (tertiary/aromatic N) is 3. The largest absolute Gasteiger partial charge is 0.399 e. The van der Waals surface area contributed by atoms with Gasteiger partial charge in [-0.25, -0.2) is 15.0 Å². The lowest BCUT2D eigenvalue weighted by molar-refractivity contribution is 0.988. The van der Waals surface area contributed by atoms with Gasteiger partial charge in [0.15, 0.2) is 5.16 Å². The molecule has 0 unspecified atom stereocenters. The van der Waals surface area contributed by atoms with Crippen LogP contribution in [0.15, 0.2) is 29.4 Å². The van der Waals surface area contributed by atoms with Gasteiger partial charge >= 0.3 is 0 Å². The molecule has 2 aromatic heterocycles. The number of aryl methyl sites for hydroxylation is 1. The van der Waals surface area contributed by atoms with Crippen molar-refractivity contribution in [3.63, 3.8) is 0 Å². The van der Waals surface area contributed by atoms with Crippen LogP contribution in [0.1, 0.15) is 11.5 Å². The summed E-state index contributed by atoms with van der Waals surface area (Å²) in [7, 11) is 0. The first-order valence-corrected chi connectivity index (χ1v) is 7.34. The van der Waals surface area contributed by atoms with E-state index in [9.17, 15) is 0 Å². The standard InChI is InChI=1S/C13H12ClN5S/c1-7-4-11(14)19-12(16-7)6-20-13-17-9-3-2-8(15)5-10(9)18-13/h2-5H,6,15H2,1H3,(H,17,18). The fourth-order valence-corrected chi connectivity index (χ4v) is 2.85. The van der Waals surface area contributed by atoms with Crippen LogP contribution >= 0.6 is 23.4 Å².